The van der Waals surface area contributed by atoms with Gasteiger partial charge in [-0.2, -0.15) is 0 Å². The molecule has 5 nitrogen and oxygen atoms in total. The Balaban J connectivity index is 2.14. The lowest BCUT2D eigenvalue weighted by molar-refractivity contribution is -0.150. The van der Waals surface area contributed by atoms with Crippen LogP contribution in [0.4, 0.5) is 0 Å². The van der Waals surface area contributed by atoms with Crippen molar-refractivity contribution in [3.8, 4) is 0 Å². The van der Waals surface area contributed by atoms with E-state index in [9.17, 15) is 14.7 Å². The first-order valence-corrected chi connectivity index (χ1v) is 7.69. The zero-order valence-corrected chi connectivity index (χ0v) is 12.9. The van der Waals surface area contributed by atoms with Gasteiger partial charge in [-0.15, -0.1) is 11.3 Å². The molecule has 1 aliphatic rings. The van der Waals surface area contributed by atoms with Crippen LogP contribution in [0, 0.1) is 5.41 Å². The standard InChI is InChI=1S/C14H20N2O3S/c1-9(2)11-15-10(7-20-11)12(17)16-6-4-5-14(3,8-16)13(18)19/h7,9H,4-6,8H2,1-3H3,(H,18,19). The third-order valence-corrected chi connectivity index (χ3v) is 4.88. The van der Waals surface area contributed by atoms with Crippen LogP contribution in [0.25, 0.3) is 0 Å². The highest BCUT2D eigenvalue weighted by Gasteiger charge is 2.39. The summed E-state index contributed by atoms with van der Waals surface area (Å²) in [5.74, 6) is -0.691. The molecule has 2 rings (SSSR count). The highest BCUT2D eigenvalue weighted by molar-refractivity contribution is 7.09. The summed E-state index contributed by atoms with van der Waals surface area (Å²) in [6.45, 7) is 6.65. The van der Waals surface area contributed by atoms with Crippen molar-refractivity contribution >= 4 is 23.2 Å². The van der Waals surface area contributed by atoms with E-state index < -0.39 is 11.4 Å². The molecule has 0 saturated carbocycles. The number of carbonyl (C=O) groups excluding carboxylic acids is 1. The number of hydrogen-bond acceptors (Lipinski definition) is 4. The van der Waals surface area contributed by atoms with Crippen LogP contribution in [0.5, 0.6) is 0 Å². The van der Waals surface area contributed by atoms with Crippen LogP contribution in [-0.4, -0.2) is 40.0 Å². The van der Waals surface area contributed by atoms with Gasteiger partial charge in [0, 0.05) is 24.4 Å². The molecule has 1 N–H and O–H groups in total. The highest BCUT2D eigenvalue weighted by atomic mass is 32.1. The highest BCUT2D eigenvalue weighted by Crippen LogP contribution is 2.30. The van der Waals surface area contributed by atoms with E-state index in [-0.39, 0.29) is 12.5 Å². The molecular formula is C14H20N2O3S. The van der Waals surface area contributed by atoms with Crippen molar-refractivity contribution in [1.82, 2.24) is 9.88 Å². The third kappa shape index (κ3) is 2.85. The Morgan fingerprint density at radius 2 is 2.20 bits per heavy atom. The quantitative estimate of drug-likeness (QED) is 0.930. The Morgan fingerprint density at radius 1 is 1.50 bits per heavy atom. The van der Waals surface area contributed by atoms with Crippen LogP contribution in [0.3, 0.4) is 0 Å². The molecule has 1 amide bonds. The van der Waals surface area contributed by atoms with Gasteiger partial charge in [0.1, 0.15) is 5.69 Å². The monoisotopic (exact) mass is 296 g/mol. The molecule has 1 aromatic rings. The Hall–Kier alpha value is -1.43. The van der Waals surface area contributed by atoms with Gasteiger partial charge in [-0.1, -0.05) is 13.8 Å². The molecule has 1 aromatic heterocycles. The molecule has 1 atom stereocenters. The lowest BCUT2D eigenvalue weighted by Crippen LogP contribution is -2.48. The lowest BCUT2D eigenvalue weighted by atomic mass is 9.82. The van der Waals surface area contributed by atoms with Gasteiger partial charge < -0.3 is 10.0 Å². The molecule has 1 unspecified atom stereocenters. The van der Waals surface area contributed by atoms with E-state index in [4.69, 9.17) is 0 Å². The summed E-state index contributed by atoms with van der Waals surface area (Å²) in [5.41, 5.74) is -0.404. The zero-order valence-electron chi connectivity index (χ0n) is 12.0. The topological polar surface area (TPSA) is 70.5 Å². The van der Waals surface area contributed by atoms with Crippen molar-refractivity contribution in [3.63, 3.8) is 0 Å². The molecule has 0 aliphatic carbocycles. The van der Waals surface area contributed by atoms with Gasteiger partial charge >= 0.3 is 5.97 Å². The summed E-state index contributed by atoms with van der Waals surface area (Å²) < 4.78 is 0. The number of carboxylic acid groups (broad SMARTS) is 1. The molecule has 0 aromatic carbocycles. The smallest absolute Gasteiger partial charge is 0.311 e. The van der Waals surface area contributed by atoms with Gasteiger partial charge in [-0.05, 0) is 19.8 Å². The van der Waals surface area contributed by atoms with Crippen molar-refractivity contribution in [2.75, 3.05) is 13.1 Å². The maximum absolute atomic E-state index is 12.4. The summed E-state index contributed by atoms with van der Waals surface area (Å²) in [7, 11) is 0. The van der Waals surface area contributed by atoms with E-state index in [1.165, 1.54) is 11.3 Å². The summed E-state index contributed by atoms with van der Waals surface area (Å²) in [6, 6.07) is 0. The molecule has 0 radical (unpaired) electrons. The molecule has 1 aliphatic heterocycles. The second-order valence-corrected chi connectivity index (χ2v) is 6.81. The van der Waals surface area contributed by atoms with E-state index in [0.717, 1.165) is 11.4 Å². The average molecular weight is 296 g/mol. The number of piperidine rings is 1. The number of hydrogen-bond donors (Lipinski definition) is 1. The maximum Gasteiger partial charge on any atom is 0.311 e. The zero-order chi connectivity index (χ0) is 14.9. The fraction of sp³-hybridized carbons (Fsp3) is 0.643. The number of aliphatic carboxylic acids is 1. The number of carbonyl (C=O) groups is 2. The Morgan fingerprint density at radius 3 is 2.75 bits per heavy atom. The van der Waals surface area contributed by atoms with Crippen LogP contribution >= 0.6 is 11.3 Å². The fourth-order valence-electron chi connectivity index (χ4n) is 2.40. The number of amides is 1. The molecule has 6 heteroatoms. The SMILES string of the molecule is CC(C)c1nc(C(=O)N2CCCC(C)(C(=O)O)C2)cs1. The van der Waals surface area contributed by atoms with Gasteiger partial charge in [0.25, 0.3) is 5.91 Å². The number of rotatable bonds is 3. The largest absolute Gasteiger partial charge is 0.481 e. The summed E-state index contributed by atoms with van der Waals surface area (Å²) in [6.07, 6.45) is 1.33. The van der Waals surface area contributed by atoms with Crippen molar-refractivity contribution in [3.05, 3.63) is 16.1 Å². The predicted molar refractivity (Wildman–Crippen MR) is 77.1 cm³/mol. The average Bonchev–Trinajstić information content (AvgIpc) is 2.87. The van der Waals surface area contributed by atoms with Gasteiger partial charge in [-0.25, -0.2) is 4.98 Å². The predicted octanol–water partition coefficient (Wildman–Crippen LogP) is 2.59. The molecule has 20 heavy (non-hydrogen) atoms. The minimum Gasteiger partial charge on any atom is -0.481 e. The number of aromatic nitrogens is 1. The van der Waals surface area contributed by atoms with Crippen molar-refractivity contribution in [2.24, 2.45) is 5.41 Å². The molecule has 1 saturated heterocycles. The Labute approximate surface area is 122 Å². The first-order chi connectivity index (χ1) is 9.33. The number of nitrogens with zero attached hydrogens (tertiary/aromatic N) is 2. The van der Waals surface area contributed by atoms with Gasteiger partial charge in [0.2, 0.25) is 0 Å². The fourth-order valence-corrected chi connectivity index (χ4v) is 3.21. The van der Waals surface area contributed by atoms with Gasteiger partial charge in [0.15, 0.2) is 0 Å². The molecule has 1 fully saturated rings. The normalized spacial score (nSPS) is 23.1. The van der Waals surface area contributed by atoms with E-state index in [1.54, 1.807) is 17.2 Å². The molecule has 0 bridgehead atoms. The van der Waals surface area contributed by atoms with E-state index in [1.807, 2.05) is 13.8 Å². The number of carboxylic acids is 1. The molecular weight excluding hydrogens is 276 g/mol. The first-order valence-electron chi connectivity index (χ1n) is 6.81. The van der Waals surface area contributed by atoms with Crippen LogP contribution in [0.15, 0.2) is 5.38 Å². The minimum absolute atomic E-state index is 0.152. The van der Waals surface area contributed by atoms with Crippen LogP contribution in [0.2, 0.25) is 0 Å². The third-order valence-electron chi connectivity index (χ3n) is 3.73. The van der Waals surface area contributed by atoms with Crippen LogP contribution in [-0.2, 0) is 4.79 Å². The van der Waals surface area contributed by atoms with E-state index in [0.29, 0.717) is 24.6 Å². The summed E-state index contributed by atoms with van der Waals surface area (Å²) in [4.78, 5) is 29.7. The van der Waals surface area contributed by atoms with Crippen LogP contribution in [0.1, 0.15) is 55.0 Å². The Kier molecular flexibility index (Phi) is 4.13. The Bertz CT molecular complexity index is 526. The number of thiazole rings is 1. The molecule has 2 heterocycles. The number of likely N-dealkylation sites (tertiary alicyclic amines) is 1. The maximum atomic E-state index is 12.4. The van der Waals surface area contributed by atoms with Crippen molar-refractivity contribution < 1.29 is 14.7 Å². The van der Waals surface area contributed by atoms with Crippen molar-refractivity contribution in [2.45, 2.75) is 39.5 Å². The van der Waals surface area contributed by atoms with Crippen LogP contribution < -0.4 is 0 Å². The first kappa shape index (κ1) is 15.0. The molecule has 110 valence electrons. The van der Waals surface area contributed by atoms with Crippen molar-refractivity contribution in [1.29, 1.82) is 0 Å². The summed E-state index contributed by atoms with van der Waals surface area (Å²) in [5, 5.41) is 12.0. The van der Waals surface area contributed by atoms with Gasteiger partial charge in [0.05, 0.1) is 10.4 Å². The minimum atomic E-state index is -0.842. The second kappa shape index (κ2) is 5.52. The van der Waals surface area contributed by atoms with E-state index in [2.05, 4.69) is 4.98 Å². The van der Waals surface area contributed by atoms with Gasteiger partial charge in [-0.3, -0.25) is 9.59 Å². The second-order valence-electron chi connectivity index (χ2n) is 5.92. The molecule has 0 spiro atoms. The summed E-state index contributed by atoms with van der Waals surface area (Å²) >= 11 is 1.48. The van der Waals surface area contributed by atoms with E-state index >= 15 is 0 Å². The lowest BCUT2D eigenvalue weighted by Gasteiger charge is -2.37.